The Balaban J connectivity index is 0.000000295. The zero-order valence-electron chi connectivity index (χ0n) is 25.1. The molecule has 1 unspecified atom stereocenters. The molecule has 1 aromatic rings. The number of carboxylic acid groups (broad SMARTS) is 1. The molecule has 0 radical (unpaired) electrons. The molecule has 1 heterocycles. The number of halogens is 2. The molecule has 1 saturated heterocycles. The molecule has 7 nitrogen and oxygen atoms in total. The SMILES string of the molecule is CCC1COC(=O)N(c2ccc(C(=O)O)cc2)C1.CCNCC(/C=C(\CC)OC(C)C)=C(/C)C1=C(F)C(F)=CCC1. The quantitative estimate of drug-likeness (QED) is 0.207. The van der Waals surface area contributed by atoms with Crippen molar-refractivity contribution >= 4 is 17.7 Å². The summed E-state index contributed by atoms with van der Waals surface area (Å²) in [6, 6.07) is 6.23. The Morgan fingerprint density at radius 1 is 1.22 bits per heavy atom. The number of benzene rings is 1. The Labute approximate surface area is 242 Å². The van der Waals surface area contributed by atoms with Crippen LogP contribution in [0.1, 0.15) is 77.6 Å². The maximum atomic E-state index is 14.1. The van der Waals surface area contributed by atoms with Gasteiger partial charge in [-0.25, -0.2) is 18.4 Å². The number of cyclic esters (lactones) is 1. The molecule has 1 amide bonds. The Morgan fingerprint density at radius 3 is 2.46 bits per heavy atom. The minimum absolute atomic E-state index is 0.0906. The van der Waals surface area contributed by atoms with Crippen LogP contribution in [0.3, 0.4) is 0 Å². The zero-order valence-corrected chi connectivity index (χ0v) is 25.1. The predicted octanol–water partition coefficient (Wildman–Crippen LogP) is 7.87. The second kappa shape index (κ2) is 16.7. The second-order valence-corrected chi connectivity index (χ2v) is 10.3. The predicted molar refractivity (Wildman–Crippen MR) is 158 cm³/mol. The Morgan fingerprint density at radius 2 is 1.90 bits per heavy atom. The fourth-order valence-electron chi connectivity index (χ4n) is 4.39. The number of anilines is 1. The number of rotatable bonds is 11. The first kappa shape index (κ1) is 33.7. The Hall–Kier alpha value is -3.46. The van der Waals surface area contributed by atoms with E-state index >= 15 is 0 Å². The summed E-state index contributed by atoms with van der Waals surface area (Å²) in [4.78, 5) is 24.0. The summed E-state index contributed by atoms with van der Waals surface area (Å²) >= 11 is 0. The maximum absolute atomic E-state index is 14.1. The molecule has 3 rings (SSSR count). The molecule has 41 heavy (non-hydrogen) atoms. The molecule has 1 aliphatic carbocycles. The van der Waals surface area contributed by atoms with E-state index in [2.05, 4.69) is 12.2 Å². The minimum Gasteiger partial charge on any atom is -0.495 e. The van der Waals surface area contributed by atoms with Gasteiger partial charge in [0.2, 0.25) is 0 Å². The van der Waals surface area contributed by atoms with Gasteiger partial charge >= 0.3 is 12.1 Å². The van der Waals surface area contributed by atoms with E-state index in [9.17, 15) is 18.4 Å². The van der Waals surface area contributed by atoms with Gasteiger partial charge in [-0.3, -0.25) is 4.90 Å². The molecule has 1 fully saturated rings. The highest BCUT2D eigenvalue weighted by molar-refractivity contribution is 5.91. The summed E-state index contributed by atoms with van der Waals surface area (Å²) in [5, 5.41) is 12.1. The molecule has 226 valence electrons. The van der Waals surface area contributed by atoms with E-state index in [1.165, 1.54) is 18.2 Å². The molecule has 9 heteroatoms. The molecule has 2 aliphatic rings. The number of ether oxygens (including phenoxy) is 2. The van der Waals surface area contributed by atoms with Crippen molar-refractivity contribution in [2.24, 2.45) is 5.92 Å². The average molecular weight is 575 g/mol. The van der Waals surface area contributed by atoms with Gasteiger partial charge < -0.3 is 19.9 Å². The van der Waals surface area contributed by atoms with Crippen molar-refractivity contribution < 1.29 is 33.0 Å². The molecule has 0 aromatic heterocycles. The summed E-state index contributed by atoms with van der Waals surface area (Å²) in [5.74, 6) is -1.26. The van der Waals surface area contributed by atoms with Gasteiger partial charge in [0.1, 0.15) is 0 Å². The number of nitrogens with zero attached hydrogens (tertiary/aromatic N) is 1. The molecular formula is C32H44F2N2O5. The van der Waals surface area contributed by atoms with Gasteiger partial charge in [-0.1, -0.05) is 20.8 Å². The van der Waals surface area contributed by atoms with Crippen LogP contribution in [-0.4, -0.2) is 49.5 Å². The van der Waals surface area contributed by atoms with Crippen LogP contribution < -0.4 is 10.2 Å². The van der Waals surface area contributed by atoms with Crippen LogP contribution in [0.4, 0.5) is 19.3 Å². The number of hydrogen-bond acceptors (Lipinski definition) is 5. The van der Waals surface area contributed by atoms with Gasteiger partial charge in [0, 0.05) is 31.1 Å². The monoisotopic (exact) mass is 574 g/mol. The number of amides is 1. The molecule has 0 spiro atoms. The highest BCUT2D eigenvalue weighted by Crippen LogP contribution is 2.33. The van der Waals surface area contributed by atoms with E-state index in [-0.39, 0.29) is 17.8 Å². The van der Waals surface area contributed by atoms with E-state index < -0.39 is 17.6 Å². The van der Waals surface area contributed by atoms with Crippen molar-refractivity contribution in [1.29, 1.82) is 0 Å². The zero-order chi connectivity index (χ0) is 30.5. The summed E-state index contributed by atoms with van der Waals surface area (Å²) in [6.07, 6.45) is 5.76. The fraction of sp³-hybridized carbons (Fsp3) is 0.500. The third-order valence-corrected chi connectivity index (χ3v) is 6.87. The summed E-state index contributed by atoms with van der Waals surface area (Å²) in [7, 11) is 0. The number of carbonyl (C=O) groups excluding carboxylic acids is 1. The summed E-state index contributed by atoms with van der Waals surface area (Å²) < 4.78 is 38.6. The lowest BCUT2D eigenvalue weighted by molar-refractivity contribution is 0.0696. The molecular weight excluding hydrogens is 530 g/mol. The molecule has 1 atom stereocenters. The Bertz CT molecular complexity index is 1170. The minimum atomic E-state index is -0.978. The first-order valence-electron chi connectivity index (χ1n) is 14.3. The van der Waals surface area contributed by atoms with Crippen molar-refractivity contribution in [1.82, 2.24) is 5.32 Å². The van der Waals surface area contributed by atoms with E-state index in [0.29, 0.717) is 49.7 Å². The van der Waals surface area contributed by atoms with Crippen LogP contribution in [0, 0.1) is 5.92 Å². The van der Waals surface area contributed by atoms with E-state index in [1.54, 1.807) is 17.0 Å². The highest BCUT2D eigenvalue weighted by Gasteiger charge is 2.27. The molecule has 1 aromatic carbocycles. The third kappa shape index (κ3) is 10.1. The Kier molecular flexibility index (Phi) is 13.8. The van der Waals surface area contributed by atoms with E-state index in [0.717, 1.165) is 36.3 Å². The topological polar surface area (TPSA) is 88.1 Å². The van der Waals surface area contributed by atoms with Crippen LogP contribution in [0.15, 0.2) is 70.5 Å². The second-order valence-electron chi connectivity index (χ2n) is 10.3. The van der Waals surface area contributed by atoms with Crippen LogP contribution in [0.25, 0.3) is 0 Å². The van der Waals surface area contributed by atoms with Crippen molar-refractivity contribution in [2.75, 3.05) is 31.1 Å². The molecule has 0 saturated carbocycles. The number of hydrogen-bond donors (Lipinski definition) is 2. The maximum Gasteiger partial charge on any atom is 0.414 e. The van der Waals surface area contributed by atoms with Crippen molar-refractivity contribution in [2.45, 2.75) is 73.3 Å². The van der Waals surface area contributed by atoms with Crippen LogP contribution in [0.2, 0.25) is 0 Å². The first-order chi connectivity index (χ1) is 19.5. The normalized spacial score (nSPS) is 18.3. The van der Waals surface area contributed by atoms with E-state index in [4.69, 9.17) is 14.6 Å². The number of carbonyl (C=O) groups is 2. The average Bonchev–Trinajstić information content (AvgIpc) is 2.96. The lowest BCUT2D eigenvalue weighted by Gasteiger charge is -2.31. The van der Waals surface area contributed by atoms with Crippen LogP contribution in [0.5, 0.6) is 0 Å². The largest absolute Gasteiger partial charge is 0.495 e. The van der Waals surface area contributed by atoms with Crippen molar-refractivity contribution in [3.05, 3.63) is 76.1 Å². The van der Waals surface area contributed by atoms with Crippen LogP contribution in [-0.2, 0) is 9.47 Å². The van der Waals surface area contributed by atoms with Gasteiger partial charge in [-0.2, -0.15) is 0 Å². The standard InChI is InChI=1S/C19H29F2NO.C13H15NO4/c1-6-16(23-13(3)4)11-15(12-22-7-2)14(5)17-9-8-10-18(20)19(17)21;1-2-9-7-14(13(17)18-8-9)11-5-3-10(4-6-11)12(15)16/h10-11,13,22H,6-9,12H2,1-5H3;3-6,9H,2,7-8H2,1H3,(H,15,16)/b15-14-,16-11+;. The van der Waals surface area contributed by atoms with Crippen molar-refractivity contribution in [3.63, 3.8) is 0 Å². The van der Waals surface area contributed by atoms with Gasteiger partial charge in [0.25, 0.3) is 0 Å². The fourth-order valence-corrected chi connectivity index (χ4v) is 4.39. The van der Waals surface area contributed by atoms with Gasteiger partial charge in [0.05, 0.1) is 24.0 Å². The van der Waals surface area contributed by atoms with Crippen LogP contribution >= 0.6 is 0 Å². The molecule has 1 aliphatic heterocycles. The lowest BCUT2D eigenvalue weighted by atomic mass is 9.93. The summed E-state index contributed by atoms with van der Waals surface area (Å²) in [6.45, 7) is 14.4. The van der Waals surface area contributed by atoms with Gasteiger partial charge in [-0.05, 0) is 99.7 Å². The number of carboxylic acids is 1. The molecule has 2 N–H and O–H groups in total. The lowest BCUT2D eigenvalue weighted by Crippen LogP contribution is -2.43. The van der Waals surface area contributed by atoms with E-state index in [1.807, 2.05) is 40.7 Å². The number of nitrogens with one attached hydrogen (secondary N) is 1. The van der Waals surface area contributed by atoms with Crippen molar-refractivity contribution in [3.8, 4) is 0 Å². The highest BCUT2D eigenvalue weighted by atomic mass is 19.2. The number of aromatic carboxylic acids is 1. The first-order valence-corrected chi connectivity index (χ1v) is 14.3. The van der Waals surface area contributed by atoms with Gasteiger partial charge in [-0.15, -0.1) is 0 Å². The summed E-state index contributed by atoms with van der Waals surface area (Å²) in [5.41, 5.74) is 3.09. The number of likely N-dealkylation sites (N-methyl/N-ethyl adjacent to an activating group) is 1. The smallest absolute Gasteiger partial charge is 0.414 e. The van der Waals surface area contributed by atoms with Gasteiger partial charge in [0.15, 0.2) is 11.7 Å². The third-order valence-electron chi connectivity index (χ3n) is 6.87. The molecule has 0 bridgehead atoms. The number of allylic oxidation sites excluding steroid dienone is 6.